The molecule has 2 aliphatic rings. The van der Waals surface area contributed by atoms with E-state index in [-0.39, 0.29) is 18.4 Å². The summed E-state index contributed by atoms with van der Waals surface area (Å²) in [4.78, 5) is 0. The van der Waals surface area contributed by atoms with Crippen molar-refractivity contribution in [1.29, 1.82) is 0 Å². The van der Waals surface area contributed by atoms with Crippen molar-refractivity contribution in [3.05, 3.63) is 0 Å². The Labute approximate surface area is 87.8 Å². The van der Waals surface area contributed by atoms with Gasteiger partial charge in [0.05, 0.1) is 6.10 Å². The molecule has 2 rings (SSSR count). The third-order valence-corrected chi connectivity index (χ3v) is 4.03. The van der Waals surface area contributed by atoms with Crippen LogP contribution in [0.1, 0.15) is 19.3 Å². The topological polar surface area (TPSA) is 40.5 Å². The predicted octanol–water partition coefficient (Wildman–Crippen LogP) is 1.56. The van der Waals surface area contributed by atoms with E-state index < -0.39 is 10.4 Å². The van der Waals surface area contributed by atoms with Crippen LogP contribution in [-0.4, -0.2) is 27.3 Å². The molecule has 2 aliphatic carbocycles. The van der Waals surface area contributed by atoms with Gasteiger partial charge in [-0.15, -0.1) is 23.2 Å². The summed E-state index contributed by atoms with van der Waals surface area (Å²) in [7, 11) is 0. The maximum absolute atomic E-state index is 9.87. The highest BCUT2D eigenvalue weighted by Gasteiger charge is 2.58. The van der Waals surface area contributed by atoms with Gasteiger partial charge in [0.25, 0.3) is 0 Å². The molecule has 0 bridgehead atoms. The van der Waals surface area contributed by atoms with Crippen molar-refractivity contribution in [3.8, 4) is 0 Å². The molecule has 0 radical (unpaired) electrons. The van der Waals surface area contributed by atoms with Gasteiger partial charge in [0.1, 0.15) is 4.33 Å². The Morgan fingerprint density at radius 2 is 1.92 bits per heavy atom. The first kappa shape index (κ1) is 10.0. The van der Waals surface area contributed by atoms with Crippen LogP contribution in [-0.2, 0) is 0 Å². The molecule has 0 amide bonds. The highest BCUT2D eigenvalue weighted by atomic mass is 35.5. The van der Waals surface area contributed by atoms with E-state index >= 15 is 0 Å². The van der Waals surface area contributed by atoms with Gasteiger partial charge in [0.15, 0.2) is 0 Å². The number of aliphatic hydroxyl groups is 2. The zero-order valence-corrected chi connectivity index (χ0v) is 8.80. The average Bonchev–Trinajstić information content (AvgIpc) is 2.90. The Hall–Kier alpha value is 0.500. The van der Waals surface area contributed by atoms with E-state index in [9.17, 15) is 5.11 Å². The van der Waals surface area contributed by atoms with E-state index in [1.54, 1.807) is 0 Å². The van der Waals surface area contributed by atoms with Crippen LogP contribution in [0, 0.1) is 17.8 Å². The second-order valence-corrected chi connectivity index (χ2v) is 5.79. The first-order chi connectivity index (χ1) is 6.06. The summed E-state index contributed by atoms with van der Waals surface area (Å²) in [6.07, 6.45) is 2.37. The number of hydrogen-bond acceptors (Lipinski definition) is 2. The van der Waals surface area contributed by atoms with E-state index in [0.717, 1.165) is 12.8 Å². The monoisotopic (exact) mass is 224 g/mol. The second kappa shape index (κ2) is 3.27. The van der Waals surface area contributed by atoms with Crippen molar-refractivity contribution in [3.63, 3.8) is 0 Å². The summed E-state index contributed by atoms with van der Waals surface area (Å²) in [6.45, 7) is 0.0478. The fourth-order valence-corrected chi connectivity index (χ4v) is 2.55. The number of hydrogen-bond donors (Lipinski definition) is 2. The molecule has 0 aromatic rings. The van der Waals surface area contributed by atoms with E-state index in [1.165, 1.54) is 0 Å². The third-order valence-electron chi connectivity index (χ3n) is 3.16. The largest absolute Gasteiger partial charge is 0.396 e. The molecule has 0 aromatic heterocycles. The molecular weight excluding hydrogens is 211 g/mol. The average molecular weight is 225 g/mol. The van der Waals surface area contributed by atoms with Crippen molar-refractivity contribution < 1.29 is 10.2 Å². The van der Waals surface area contributed by atoms with Gasteiger partial charge in [-0.25, -0.2) is 0 Å². The van der Waals surface area contributed by atoms with E-state index in [1.807, 2.05) is 0 Å². The molecule has 76 valence electrons. The first-order valence-electron chi connectivity index (χ1n) is 4.73. The van der Waals surface area contributed by atoms with Gasteiger partial charge >= 0.3 is 0 Å². The van der Waals surface area contributed by atoms with E-state index in [4.69, 9.17) is 28.3 Å². The Morgan fingerprint density at radius 3 is 2.23 bits per heavy atom. The standard InChI is InChI=1S/C9H14Cl2O2/c10-9(11)3-7(9)8(13)6(4-12)5-1-2-5/h5-8,12-13H,1-4H2. The van der Waals surface area contributed by atoms with Crippen LogP contribution in [0.5, 0.6) is 0 Å². The molecule has 2 fully saturated rings. The molecule has 2 nitrogen and oxygen atoms in total. The number of alkyl halides is 2. The lowest BCUT2D eigenvalue weighted by molar-refractivity contribution is 0.0389. The molecule has 0 spiro atoms. The minimum Gasteiger partial charge on any atom is -0.396 e. The smallest absolute Gasteiger partial charge is 0.124 e. The van der Waals surface area contributed by atoms with Gasteiger partial charge in [-0.05, 0) is 25.2 Å². The lowest BCUT2D eigenvalue weighted by Crippen LogP contribution is -2.29. The summed E-state index contributed by atoms with van der Waals surface area (Å²) in [5.74, 6) is 0.447. The zero-order chi connectivity index (χ0) is 9.64. The lowest BCUT2D eigenvalue weighted by atomic mass is 9.94. The minimum atomic E-state index is -0.734. The predicted molar refractivity (Wildman–Crippen MR) is 51.9 cm³/mol. The van der Waals surface area contributed by atoms with Crippen LogP contribution >= 0.6 is 23.2 Å². The van der Waals surface area contributed by atoms with Crippen LogP contribution in [0.15, 0.2) is 0 Å². The summed E-state index contributed by atoms with van der Waals surface area (Å²) >= 11 is 11.7. The number of aliphatic hydroxyl groups excluding tert-OH is 2. The first-order valence-corrected chi connectivity index (χ1v) is 5.48. The Kier molecular flexibility index (Phi) is 2.52. The van der Waals surface area contributed by atoms with Gasteiger partial charge < -0.3 is 10.2 Å². The fourth-order valence-electron chi connectivity index (χ4n) is 1.96. The molecule has 2 N–H and O–H groups in total. The molecule has 3 unspecified atom stereocenters. The molecule has 3 atom stereocenters. The van der Waals surface area contributed by atoms with Gasteiger partial charge in [-0.1, -0.05) is 0 Å². The van der Waals surface area contributed by atoms with Gasteiger partial charge in [-0.2, -0.15) is 0 Å². The van der Waals surface area contributed by atoms with E-state index in [2.05, 4.69) is 0 Å². The van der Waals surface area contributed by atoms with Crippen LogP contribution in [0.25, 0.3) is 0 Å². The van der Waals surface area contributed by atoms with Crippen LogP contribution in [0.2, 0.25) is 0 Å². The molecule has 2 saturated carbocycles. The zero-order valence-electron chi connectivity index (χ0n) is 7.29. The Balaban J connectivity index is 1.91. The van der Waals surface area contributed by atoms with Crippen molar-refractivity contribution in [2.24, 2.45) is 17.8 Å². The maximum Gasteiger partial charge on any atom is 0.124 e. The van der Waals surface area contributed by atoms with Gasteiger partial charge in [0.2, 0.25) is 0 Å². The van der Waals surface area contributed by atoms with E-state index in [0.29, 0.717) is 12.3 Å². The molecule has 0 heterocycles. The fraction of sp³-hybridized carbons (Fsp3) is 1.00. The molecule has 13 heavy (non-hydrogen) atoms. The van der Waals surface area contributed by atoms with Crippen molar-refractivity contribution >= 4 is 23.2 Å². The van der Waals surface area contributed by atoms with Crippen LogP contribution < -0.4 is 0 Å². The highest BCUT2D eigenvalue weighted by molar-refractivity contribution is 6.50. The minimum absolute atomic E-state index is 0.00984. The molecule has 0 saturated heterocycles. The molecule has 0 aromatic carbocycles. The Morgan fingerprint density at radius 1 is 1.38 bits per heavy atom. The van der Waals surface area contributed by atoms with Gasteiger partial charge in [-0.3, -0.25) is 0 Å². The van der Waals surface area contributed by atoms with Crippen LogP contribution in [0.3, 0.4) is 0 Å². The maximum atomic E-state index is 9.87. The summed E-state index contributed by atoms with van der Waals surface area (Å²) in [5.41, 5.74) is 0. The van der Waals surface area contributed by atoms with Gasteiger partial charge in [0, 0.05) is 18.4 Å². The quantitative estimate of drug-likeness (QED) is 0.713. The van der Waals surface area contributed by atoms with Crippen molar-refractivity contribution in [2.75, 3.05) is 6.61 Å². The SMILES string of the molecule is OCC(C1CC1)C(O)C1CC1(Cl)Cl. The third kappa shape index (κ3) is 1.96. The summed E-state index contributed by atoms with van der Waals surface area (Å²) in [5, 5.41) is 19.0. The summed E-state index contributed by atoms with van der Waals surface area (Å²) in [6, 6.07) is 0. The molecule has 0 aliphatic heterocycles. The van der Waals surface area contributed by atoms with Crippen molar-refractivity contribution in [1.82, 2.24) is 0 Å². The molecule has 4 heteroatoms. The van der Waals surface area contributed by atoms with Crippen LogP contribution in [0.4, 0.5) is 0 Å². The lowest BCUT2D eigenvalue weighted by Gasteiger charge is -2.20. The van der Waals surface area contributed by atoms with Crippen molar-refractivity contribution in [2.45, 2.75) is 29.7 Å². The second-order valence-electron chi connectivity index (χ2n) is 4.25. The normalized spacial score (nSPS) is 35.5. The highest BCUT2D eigenvalue weighted by Crippen LogP contribution is 2.57. The number of rotatable bonds is 4. The number of halogens is 2. The molecular formula is C9H14Cl2O2. The summed E-state index contributed by atoms with van der Waals surface area (Å²) < 4.78 is -0.734. The Bertz CT molecular complexity index is 204.